The molecule has 40 heavy (non-hydrogen) atoms. The Labute approximate surface area is 233 Å². The molecule has 0 aliphatic carbocycles. The number of methoxy groups -OCH3 is 2. The van der Waals surface area contributed by atoms with Gasteiger partial charge in [0.1, 0.15) is 18.1 Å². The van der Waals surface area contributed by atoms with Crippen molar-refractivity contribution in [2.24, 2.45) is 0 Å². The molecule has 10 heteroatoms. The van der Waals surface area contributed by atoms with E-state index < -0.39 is 6.29 Å². The van der Waals surface area contributed by atoms with E-state index in [1.54, 1.807) is 20.3 Å². The average molecular weight is 546 g/mol. The summed E-state index contributed by atoms with van der Waals surface area (Å²) in [6.07, 6.45) is -0.560. The molecule has 3 heterocycles. The zero-order chi connectivity index (χ0) is 28.1. The largest absolute Gasteiger partial charge is 0.492 e. The number of benzene rings is 2. The molecule has 2 aromatic heterocycles. The number of fused-ring (bicyclic) bond motifs is 1. The summed E-state index contributed by atoms with van der Waals surface area (Å²) in [7, 11) is 3.15. The number of aromatic nitrogens is 3. The highest BCUT2D eigenvalue weighted by Crippen LogP contribution is 2.30. The highest BCUT2D eigenvalue weighted by molar-refractivity contribution is 6.05. The van der Waals surface area contributed by atoms with Crippen LogP contribution >= 0.6 is 0 Å². The van der Waals surface area contributed by atoms with Crippen LogP contribution < -0.4 is 10.1 Å². The quantitative estimate of drug-likeness (QED) is 0.280. The number of aromatic amines is 1. The van der Waals surface area contributed by atoms with Gasteiger partial charge in [0.05, 0.1) is 18.9 Å². The van der Waals surface area contributed by atoms with Crippen LogP contribution in [0.2, 0.25) is 0 Å². The number of aryl methyl sites for hydroxylation is 2. The molecular weight excluding hydrogens is 510 g/mol. The molecule has 1 aliphatic rings. The molecule has 2 aromatic carbocycles. The first-order valence-corrected chi connectivity index (χ1v) is 13.3. The molecule has 0 atom stereocenters. The van der Waals surface area contributed by atoms with Gasteiger partial charge >= 0.3 is 0 Å². The Balaban J connectivity index is 1.30. The summed E-state index contributed by atoms with van der Waals surface area (Å²) >= 11 is 0. The van der Waals surface area contributed by atoms with Crippen LogP contribution in [-0.4, -0.2) is 79.7 Å². The van der Waals surface area contributed by atoms with E-state index in [1.807, 2.05) is 56.3 Å². The smallest absolute Gasteiger partial charge is 0.255 e. The number of carbonyl (C=O) groups excluding carboxylic acids is 1. The summed E-state index contributed by atoms with van der Waals surface area (Å²) in [5.74, 6) is 0.477. The molecule has 2 N–H and O–H groups in total. The highest BCUT2D eigenvalue weighted by Gasteiger charge is 2.18. The van der Waals surface area contributed by atoms with Gasteiger partial charge in [-0.2, -0.15) is 5.10 Å². The second-order valence-corrected chi connectivity index (χ2v) is 9.83. The van der Waals surface area contributed by atoms with Crippen LogP contribution in [0.1, 0.15) is 33.5 Å². The minimum Gasteiger partial charge on any atom is -0.492 e. The minimum atomic E-state index is -0.560. The van der Waals surface area contributed by atoms with Crippen molar-refractivity contribution in [3.05, 3.63) is 70.9 Å². The van der Waals surface area contributed by atoms with Gasteiger partial charge in [-0.3, -0.25) is 14.8 Å². The number of nitrogens with zero attached hydrogens (tertiary/aromatic N) is 3. The monoisotopic (exact) mass is 545 g/mol. The fraction of sp³-hybridized carbons (Fsp3) is 0.367. The lowest BCUT2D eigenvalue weighted by atomic mass is 10.0. The van der Waals surface area contributed by atoms with Crippen LogP contribution in [0, 0.1) is 13.8 Å². The predicted molar refractivity (Wildman–Crippen MR) is 153 cm³/mol. The first kappa shape index (κ1) is 27.7. The number of pyridine rings is 1. The van der Waals surface area contributed by atoms with Crippen LogP contribution in [0.4, 0.5) is 5.69 Å². The van der Waals surface area contributed by atoms with E-state index in [0.717, 1.165) is 60.6 Å². The van der Waals surface area contributed by atoms with E-state index in [2.05, 4.69) is 20.4 Å². The van der Waals surface area contributed by atoms with Gasteiger partial charge in [-0.1, -0.05) is 6.07 Å². The number of anilines is 1. The number of H-pyrrole nitrogens is 1. The SMILES string of the molecule is COC(OC)c1[nH]nc2nc(-c3cc(NC(=O)c4cc(C)cc(OCCN5CCOCC5)c4)ccc3C)ccc12. The van der Waals surface area contributed by atoms with Crippen molar-refractivity contribution in [3.8, 4) is 17.0 Å². The standard InChI is InChI=1S/C30H35N5O5/c1-19-15-21(17-23(16-19)40-14-11-35-9-12-39-13-10-35)29(36)31-22-6-5-20(2)25(18-22)26-8-7-24-27(30(37-3)38-4)33-34-28(24)32-26/h5-8,15-18,30H,9-14H2,1-4H3,(H,31,36)(H,32,33,34). The molecule has 0 spiro atoms. The molecule has 0 saturated carbocycles. The van der Waals surface area contributed by atoms with Crippen molar-refractivity contribution in [3.63, 3.8) is 0 Å². The second-order valence-electron chi connectivity index (χ2n) is 9.83. The number of hydrogen-bond donors (Lipinski definition) is 2. The Morgan fingerprint density at radius 1 is 1.07 bits per heavy atom. The van der Waals surface area contributed by atoms with Gasteiger partial charge in [0.15, 0.2) is 5.65 Å². The Kier molecular flexibility index (Phi) is 8.71. The number of rotatable bonds is 10. The van der Waals surface area contributed by atoms with Gasteiger partial charge in [-0.25, -0.2) is 4.98 Å². The maximum atomic E-state index is 13.2. The van der Waals surface area contributed by atoms with E-state index >= 15 is 0 Å². The predicted octanol–water partition coefficient (Wildman–Crippen LogP) is 4.50. The zero-order valence-electron chi connectivity index (χ0n) is 23.3. The van der Waals surface area contributed by atoms with Crippen LogP contribution in [0.15, 0.2) is 48.5 Å². The Morgan fingerprint density at radius 3 is 2.65 bits per heavy atom. The lowest BCUT2D eigenvalue weighted by Gasteiger charge is -2.26. The number of nitrogens with one attached hydrogen (secondary N) is 2. The number of hydrogen-bond acceptors (Lipinski definition) is 8. The van der Waals surface area contributed by atoms with Crippen molar-refractivity contribution in [2.75, 3.05) is 59.0 Å². The van der Waals surface area contributed by atoms with Gasteiger partial charge in [0.2, 0.25) is 6.29 Å². The molecule has 0 unspecified atom stereocenters. The molecule has 10 nitrogen and oxygen atoms in total. The lowest BCUT2D eigenvalue weighted by Crippen LogP contribution is -2.38. The Morgan fingerprint density at radius 2 is 1.88 bits per heavy atom. The van der Waals surface area contributed by atoms with Gasteiger partial charge in [-0.15, -0.1) is 0 Å². The van der Waals surface area contributed by atoms with Crippen molar-refractivity contribution >= 4 is 22.6 Å². The van der Waals surface area contributed by atoms with E-state index in [9.17, 15) is 4.79 Å². The normalized spacial score (nSPS) is 14.1. The topological polar surface area (TPSA) is 111 Å². The molecule has 1 aliphatic heterocycles. The van der Waals surface area contributed by atoms with Gasteiger partial charge < -0.3 is 24.3 Å². The van der Waals surface area contributed by atoms with Gasteiger partial charge in [0, 0.05) is 56.1 Å². The van der Waals surface area contributed by atoms with Gasteiger partial charge in [-0.05, 0) is 67.4 Å². The third-order valence-electron chi connectivity index (χ3n) is 6.98. The summed E-state index contributed by atoms with van der Waals surface area (Å²) in [5.41, 5.74) is 6.11. The first-order chi connectivity index (χ1) is 19.4. The molecule has 210 valence electrons. The number of carbonyl (C=O) groups is 1. The van der Waals surface area contributed by atoms with E-state index in [4.69, 9.17) is 23.9 Å². The fourth-order valence-electron chi connectivity index (χ4n) is 4.84. The molecule has 1 amide bonds. The molecule has 0 bridgehead atoms. The summed E-state index contributed by atoms with van der Waals surface area (Å²) in [4.78, 5) is 20.3. The number of amides is 1. The lowest BCUT2D eigenvalue weighted by molar-refractivity contribution is -0.107. The van der Waals surface area contributed by atoms with E-state index in [0.29, 0.717) is 34.9 Å². The van der Waals surface area contributed by atoms with Crippen molar-refractivity contribution in [1.82, 2.24) is 20.1 Å². The Bertz CT molecular complexity index is 1480. The van der Waals surface area contributed by atoms with Crippen molar-refractivity contribution in [2.45, 2.75) is 20.1 Å². The molecular formula is C30H35N5O5. The van der Waals surface area contributed by atoms with Crippen molar-refractivity contribution in [1.29, 1.82) is 0 Å². The van der Waals surface area contributed by atoms with E-state index in [1.165, 1.54) is 0 Å². The number of ether oxygens (including phenoxy) is 4. The zero-order valence-corrected chi connectivity index (χ0v) is 23.3. The van der Waals surface area contributed by atoms with Crippen LogP contribution in [0.5, 0.6) is 5.75 Å². The third kappa shape index (κ3) is 6.31. The van der Waals surface area contributed by atoms with E-state index in [-0.39, 0.29) is 5.91 Å². The molecule has 1 fully saturated rings. The average Bonchev–Trinajstić information content (AvgIpc) is 3.38. The highest BCUT2D eigenvalue weighted by atomic mass is 16.7. The van der Waals surface area contributed by atoms with Crippen molar-refractivity contribution < 1.29 is 23.7 Å². The molecule has 5 rings (SSSR count). The molecule has 0 radical (unpaired) electrons. The fourth-order valence-corrected chi connectivity index (χ4v) is 4.84. The summed E-state index contributed by atoms with van der Waals surface area (Å²) < 4.78 is 22.1. The summed E-state index contributed by atoms with van der Waals surface area (Å²) in [6.45, 7) is 8.69. The maximum Gasteiger partial charge on any atom is 0.255 e. The summed E-state index contributed by atoms with van der Waals surface area (Å²) in [6, 6.07) is 15.2. The van der Waals surface area contributed by atoms with Crippen LogP contribution in [0.25, 0.3) is 22.3 Å². The Hall–Kier alpha value is -3.83. The second kappa shape index (κ2) is 12.6. The summed E-state index contributed by atoms with van der Waals surface area (Å²) in [5, 5.41) is 11.2. The van der Waals surface area contributed by atoms with Crippen LogP contribution in [0.3, 0.4) is 0 Å². The molecule has 4 aromatic rings. The molecule has 1 saturated heterocycles. The third-order valence-corrected chi connectivity index (χ3v) is 6.98. The number of morpholine rings is 1. The van der Waals surface area contributed by atoms with Crippen LogP contribution in [-0.2, 0) is 14.2 Å². The first-order valence-electron chi connectivity index (χ1n) is 13.3. The minimum absolute atomic E-state index is 0.206. The van der Waals surface area contributed by atoms with Gasteiger partial charge in [0.25, 0.3) is 5.91 Å². The maximum absolute atomic E-state index is 13.2.